The van der Waals surface area contributed by atoms with Gasteiger partial charge < -0.3 is 10.6 Å². The number of amides is 1. The van der Waals surface area contributed by atoms with E-state index in [9.17, 15) is 9.18 Å². The van der Waals surface area contributed by atoms with Gasteiger partial charge in [-0.1, -0.05) is 49.4 Å². The molecule has 5 nitrogen and oxygen atoms in total. The number of hydrogen-bond acceptors (Lipinski definition) is 4. The van der Waals surface area contributed by atoms with Crippen LogP contribution < -0.4 is 16.6 Å². The highest BCUT2D eigenvalue weighted by atomic mass is 19.1. The summed E-state index contributed by atoms with van der Waals surface area (Å²) in [5.41, 5.74) is 14.8. The molecule has 6 heteroatoms. The highest BCUT2D eigenvalue weighted by Crippen LogP contribution is 2.25. The third kappa shape index (κ3) is 5.63. The molecule has 2 aromatic carbocycles. The minimum Gasteiger partial charge on any atom is -0.345 e. The van der Waals surface area contributed by atoms with E-state index >= 15 is 0 Å². The van der Waals surface area contributed by atoms with E-state index in [1.54, 1.807) is 17.0 Å². The third-order valence-electron chi connectivity index (χ3n) is 5.77. The average molecular weight is 399 g/mol. The van der Waals surface area contributed by atoms with E-state index in [-0.39, 0.29) is 29.7 Å². The number of carbonyl (C=O) groups is 1. The van der Waals surface area contributed by atoms with Crippen LogP contribution in [-0.4, -0.2) is 30.4 Å². The number of halogens is 1. The molecule has 4 N–H and O–H groups in total. The Bertz CT molecular complexity index is 800. The lowest BCUT2D eigenvalue weighted by molar-refractivity contribution is -0.134. The first-order chi connectivity index (χ1) is 14.0. The normalized spacial score (nSPS) is 21.0. The summed E-state index contributed by atoms with van der Waals surface area (Å²) < 4.78 is 13.4. The number of hydrazine groups is 1. The second kappa shape index (κ2) is 9.96. The summed E-state index contributed by atoms with van der Waals surface area (Å²) in [5, 5.41) is 0. The van der Waals surface area contributed by atoms with Gasteiger partial charge in [0.05, 0.1) is 5.92 Å². The van der Waals surface area contributed by atoms with Crippen LogP contribution in [0.25, 0.3) is 0 Å². The number of nitrogens with two attached hydrogens (primary N) is 1. The molecule has 1 amide bonds. The first-order valence-corrected chi connectivity index (χ1v) is 10.3. The van der Waals surface area contributed by atoms with E-state index in [4.69, 9.17) is 5.73 Å². The van der Waals surface area contributed by atoms with Crippen LogP contribution in [0.4, 0.5) is 4.39 Å². The van der Waals surface area contributed by atoms with E-state index in [1.807, 2.05) is 50.4 Å². The Labute approximate surface area is 172 Å². The van der Waals surface area contributed by atoms with E-state index in [2.05, 4.69) is 10.9 Å². The molecule has 0 aliphatic carbocycles. The molecule has 0 bridgehead atoms. The lowest BCUT2D eigenvalue weighted by Crippen LogP contribution is -2.38. The van der Waals surface area contributed by atoms with Crippen molar-refractivity contribution >= 4 is 5.91 Å². The minimum atomic E-state index is -0.307. The standard InChI is InChI=1S/C23H31FN4O/c1-16(22(25)17-8-4-3-5-9-17)23(29)28(2)13-7-12-20-15-21(27-26-20)18-10-6-11-19(24)14-18/h3-6,8-11,14,16,20-22,26-27H,7,12-13,15,25H2,1-2H3. The van der Waals surface area contributed by atoms with Gasteiger partial charge >= 0.3 is 0 Å². The summed E-state index contributed by atoms with van der Waals surface area (Å²) in [4.78, 5) is 14.5. The lowest BCUT2D eigenvalue weighted by Gasteiger charge is -2.26. The van der Waals surface area contributed by atoms with E-state index < -0.39 is 0 Å². The molecule has 0 radical (unpaired) electrons. The molecule has 3 rings (SSSR count). The molecule has 1 aliphatic heterocycles. The Morgan fingerprint density at radius 3 is 2.69 bits per heavy atom. The fourth-order valence-electron chi connectivity index (χ4n) is 3.90. The summed E-state index contributed by atoms with van der Waals surface area (Å²) in [7, 11) is 1.84. The van der Waals surface area contributed by atoms with Crippen LogP contribution in [-0.2, 0) is 4.79 Å². The maximum Gasteiger partial charge on any atom is 0.227 e. The Balaban J connectivity index is 1.42. The first kappa shape index (κ1) is 21.4. The van der Waals surface area contributed by atoms with Gasteiger partial charge in [0.25, 0.3) is 0 Å². The maximum absolute atomic E-state index is 13.4. The number of nitrogens with zero attached hydrogens (tertiary/aromatic N) is 1. The highest BCUT2D eigenvalue weighted by molar-refractivity contribution is 5.79. The van der Waals surface area contributed by atoms with E-state index in [1.165, 1.54) is 6.07 Å². The van der Waals surface area contributed by atoms with Gasteiger partial charge in [-0.05, 0) is 42.5 Å². The summed E-state index contributed by atoms with van der Waals surface area (Å²) in [6.07, 6.45) is 2.73. The Kier molecular flexibility index (Phi) is 7.36. The monoisotopic (exact) mass is 398 g/mol. The SMILES string of the molecule is CC(C(=O)N(C)CCCC1CC(c2cccc(F)c2)NN1)C(N)c1ccccc1. The molecule has 156 valence electrons. The number of carbonyl (C=O) groups excluding carboxylic acids is 1. The molecule has 2 aromatic rings. The summed E-state index contributed by atoms with van der Waals surface area (Å²) in [6, 6.07) is 16.6. The van der Waals surface area contributed by atoms with Crippen molar-refractivity contribution in [3.8, 4) is 0 Å². The Morgan fingerprint density at radius 1 is 1.21 bits per heavy atom. The molecular formula is C23H31FN4O. The fraction of sp³-hybridized carbons (Fsp3) is 0.435. The van der Waals surface area contributed by atoms with Crippen molar-refractivity contribution in [3.63, 3.8) is 0 Å². The van der Waals surface area contributed by atoms with E-state index in [0.29, 0.717) is 12.6 Å². The van der Waals surface area contributed by atoms with Crippen LogP contribution >= 0.6 is 0 Å². The topological polar surface area (TPSA) is 70.4 Å². The van der Waals surface area contributed by atoms with Gasteiger partial charge in [-0.25, -0.2) is 4.39 Å². The summed E-state index contributed by atoms with van der Waals surface area (Å²) in [5.74, 6) is -0.418. The molecular weight excluding hydrogens is 367 g/mol. The van der Waals surface area contributed by atoms with Gasteiger partial charge in [0.2, 0.25) is 5.91 Å². The number of benzene rings is 2. The zero-order valence-corrected chi connectivity index (χ0v) is 17.1. The highest BCUT2D eigenvalue weighted by Gasteiger charge is 2.27. The van der Waals surface area contributed by atoms with Crippen molar-refractivity contribution in [2.75, 3.05) is 13.6 Å². The largest absolute Gasteiger partial charge is 0.345 e. The molecule has 1 saturated heterocycles. The minimum absolute atomic E-state index is 0.0662. The molecule has 1 heterocycles. The molecule has 0 saturated carbocycles. The summed E-state index contributed by atoms with van der Waals surface area (Å²) >= 11 is 0. The van der Waals surface area contributed by atoms with Gasteiger partial charge in [-0.15, -0.1) is 0 Å². The van der Waals surface area contributed by atoms with Crippen molar-refractivity contribution in [3.05, 3.63) is 71.5 Å². The second-order valence-electron chi connectivity index (χ2n) is 7.96. The van der Waals surface area contributed by atoms with Crippen molar-refractivity contribution in [1.82, 2.24) is 15.8 Å². The Hall–Kier alpha value is -2.28. The maximum atomic E-state index is 13.4. The van der Waals surface area contributed by atoms with Crippen molar-refractivity contribution < 1.29 is 9.18 Å². The van der Waals surface area contributed by atoms with Gasteiger partial charge in [-0.2, -0.15) is 0 Å². The fourth-order valence-corrected chi connectivity index (χ4v) is 3.90. The van der Waals surface area contributed by atoms with Gasteiger partial charge in [0, 0.05) is 31.7 Å². The smallest absolute Gasteiger partial charge is 0.227 e. The molecule has 1 aliphatic rings. The molecule has 0 spiro atoms. The van der Waals surface area contributed by atoms with Gasteiger partial charge in [0.15, 0.2) is 0 Å². The van der Waals surface area contributed by atoms with Crippen LogP contribution in [0, 0.1) is 11.7 Å². The molecule has 4 unspecified atom stereocenters. The number of nitrogens with one attached hydrogen (secondary N) is 2. The second-order valence-corrected chi connectivity index (χ2v) is 7.96. The molecule has 4 atom stereocenters. The van der Waals surface area contributed by atoms with Crippen molar-refractivity contribution in [1.29, 1.82) is 0 Å². The average Bonchev–Trinajstić information content (AvgIpc) is 3.21. The van der Waals surface area contributed by atoms with Crippen LogP contribution in [0.15, 0.2) is 54.6 Å². The van der Waals surface area contributed by atoms with Crippen LogP contribution in [0.2, 0.25) is 0 Å². The molecule has 0 aromatic heterocycles. The van der Waals surface area contributed by atoms with Gasteiger partial charge in [-0.3, -0.25) is 15.6 Å². The lowest BCUT2D eigenvalue weighted by atomic mass is 9.94. The molecule has 1 fully saturated rings. The van der Waals surface area contributed by atoms with Crippen LogP contribution in [0.5, 0.6) is 0 Å². The quantitative estimate of drug-likeness (QED) is 0.638. The predicted octanol–water partition coefficient (Wildman–Crippen LogP) is 3.31. The van der Waals surface area contributed by atoms with Crippen molar-refractivity contribution in [2.24, 2.45) is 11.7 Å². The predicted molar refractivity (Wildman–Crippen MR) is 113 cm³/mol. The number of hydrogen-bond donors (Lipinski definition) is 3. The van der Waals surface area contributed by atoms with E-state index in [0.717, 1.165) is 30.4 Å². The van der Waals surface area contributed by atoms with Gasteiger partial charge in [0.1, 0.15) is 5.82 Å². The zero-order valence-electron chi connectivity index (χ0n) is 17.1. The zero-order chi connectivity index (χ0) is 20.8. The summed E-state index contributed by atoms with van der Waals surface area (Å²) in [6.45, 7) is 2.58. The van der Waals surface area contributed by atoms with Crippen LogP contribution in [0.1, 0.15) is 49.4 Å². The Morgan fingerprint density at radius 2 is 1.97 bits per heavy atom. The van der Waals surface area contributed by atoms with Crippen molar-refractivity contribution in [2.45, 2.75) is 44.3 Å². The molecule has 29 heavy (non-hydrogen) atoms. The van der Waals surface area contributed by atoms with Crippen LogP contribution in [0.3, 0.4) is 0 Å². The number of rotatable bonds is 8. The first-order valence-electron chi connectivity index (χ1n) is 10.3. The third-order valence-corrected chi connectivity index (χ3v) is 5.77.